The zero-order valence-electron chi connectivity index (χ0n) is 11.2. The number of hydrogen-bond acceptors (Lipinski definition) is 3. The third-order valence-electron chi connectivity index (χ3n) is 3.47. The lowest BCUT2D eigenvalue weighted by atomic mass is 10.1. The highest BCUT2D eigenvalue weighted by Gasteiger charge is 2.28. The van der Waals surface area contributed by atoms with Crippen LogP contribution in [-0.2, 0) is 16.6 Å². The molecule has 6 heteroatoms. The molecule has 19 heavy (non-hydrogen) atoms. The molecule has 2 rings (SSSR count). The van der Waals surface area contributed by atoms with Crippen molar-refractivity contribution in [3.8, 4) is 0 Å². The average molecular weight is 283 g/mol. The number of rotatable bonds is 5. The predicted molar refractivity (Wildman–Crippen MR) is 74.9 cm³/mol. The summed E-state index contributed by atoms with van der Waals surface area (Å²) >= 11 is 0. The van der Waals surface area contributed by atoms with Crippen LogP contribution < -0.4 is 4.72 Å². The molecule has 0 aromatic carbocycles. The maximum absolute atomic E-state index is 12.2. The zero-order chi connectivity index (χ0) is 13.7. The van der Waals surface area contributed by atoms with E-state index in [4.69, 9.17) is 0 Å². The van der Waals surface area contributed by atoms with Crippen molar-refractivity contribution in [3.63, 3.8) is 0 Å². The van der Waals surface area contributed by atoms with Crippen molar-refractivity contribution in [1.29, 1.82) is 0 Å². The van der Waals surface area contributed by atoms with Gasteiger partial charge < -0.3 is 0 Å². The van der Waals surface area contributed by atoms with E-state index in [9.17, 15) is 8.42 Å². The van der Waals surface area contributed by atoms with Gasteiger partial charge >= 0.3 is 0 Å². The Hall–Kier alpha value is -0.980. The Bertz CT molecular complexity index is 490. The predicted octanol–water partition coefficient (Wildman–Crippen LogP) is 1.33. The van der Waals surface area contributed by atoms with Crippen LogP contribution in [0.1, 0.15) is 31.7 Å². The number of pyridine rings is 1. The molecule has 0 amide bonds. The SMILES string of the molecule is CC1CCCCN1S(=O)(=O)NCCc1cccnc1. The van der Waals surface area contributed by atoms with Gasteiger partial charge in [0.05, 0.1) is 0 Å². The standard InChI is InChI=1S/C13H21N3O2S/c1-12-5-2-3-10-16(12)19(17,18)15-9-7-13-6-4-8-14-11-13/h4,6,8,11-12,15H,2-3,5,7,9-10H2,1H3. The maximum atomic E-state index is 12.2. The first-order valence-electron chi connectivity index (χ1n) is 6.75. The molecule has 0 aliphatic carbocycles. The Kier molecular flexibility index (Phi) is 4.90. The summed E-state index contributed by atoms with van der Waals surface area (Å²) in [5, 5.41) is 0. The molecule has 1 saturated heterocycles. The molecule has 1 aliphatic rings. The van der Waals surface area contributed by atoms with Crippen LogP contribution in [0.2, 0.25) is 0 Å². The van der Waals surface area contributed by atoms with Crippen molar-refractivity contribution in [1.82, 2.24) is 14.0 Å². The van der Waals surface area contributed by atoms with Gasteiger partial charge in [-0.25, -0.2) is 4.72 Å². The molecule has 0 radical (unpaired) electrons. The van der Waals surface area contributed by atoms with Crippen molar-refractivity contribution >= 4 is 10.2 Å². The molecule has 0 spiro atoms. The smallest absolute Gasteiger partial charge is 0.264 e. The van der Waals surface area contributed by atoms with Gasteiger partial charge in [0.2, 0.25) is 0 Å². The van der Waals surface area contributed by atoms with Gasteiger partial charge in [0, 0.05) is 31.5 Å². The average Bonchev–Trinajstić information content (AvgIpc) is 2.40. The Balaban J connectivity index is 1.87. The summed E-state index contributed by atoms with van der Waals surface area (Å²) in [4.78, 5) is 4.01. The van der Waals surface area contributed by atoms with Crippen LogP contribution in [0, 0.1) is 0 Å². The number of aromatic nitrogens is 1. The summed E-state index contributed by atoms with van der Waals surface area (Å²) < 4.78 is 28.6. The zero-order valence-corrected chi connectivity index (χ0v) is 12.1. The van der Waals surface area contributed by atoms with E-state index in [1.165, 1.54) is 0 Å². The highest BCUT2D eigenvalue weighted by atomic mass is 32.2. The lowest BCUT2D eigenvalue weighted by Crippen LogP contribution is -2.48. The molecule has 1 aromatic rings. The molecule has 1 atom stereocenters. The largest absolute Gasteiger partial charge is 0.279 e. The van der Waals surface area contributed by atoms with Gasteiger partial charge in [-0.2, -0.15) is 12.7 Å². The second kappa shape index (κ2) is 6.45. The molecule has 1 aliphatic heterocycles. The maximum Gasteiger partial charge on any atom is 0.279 e. The first-order valence-corrected chi connectivity index (χ1v) is 8.19. The molecule has 0 bridgehead atoms. The van der Waals surface area contributed by atoms with Crippen molar-refractivity contribution in [2.75, 3.05) is 13.1 Å². The van der Waals surface area contributed by atoms with E-state index in [0.717, 1.165) is 24.8 Å². The fourth-order valence-corrected chi connectivity index (χ4v) is 3.86. The van der Waals surface area contributed by atoms with Gasteiger partial charge in [-0.05, 0) is 37.8 Å². The van der Waals surface area contributed by atoms with Gasteiger partial charge in [0.25, 0.3) is 10.2 Å². The van der Waals surface area contributed by atoms with Crippen molar-refractivity contribution in [3.05, 3.63) is 30.1 Å². The van der Waals surface area contributed by atoms with E-state index >= 15 is 0 Å². The van der Waals surface area contributed by atoms with Crippen LogP contribution in [0.25, 0.3) is 0 Å². The first kappa shape index (κ1) is 14.4. The molecule has 1 N–H and O–H groups in total. The minimum absolute atomic E-state index is 0.102. The van der Waals surface area contributed by atoms with Crippen molar-refractivity contribution < 1.29 is 8.42 Å². The Morgan fingerprint density at radius 1 is 1.47 bits per heavy atom. The highest BCUT2D eigenvalue weighted by molar-refractivity contribution is 7.87. The Labute approximate surface area is 115 Å². The summed E-state index contributed by atoms with van der Waals surface area (Å²) in [6.07, 6.45) is 7.15. The fourth-order valence-electron chi connectivity index (χ4n) is 2.38. The monoisotopic (exact) mass is 283 g/mol. The second-order valence-electron chi connectivity index (χ2n) is 4.97. The van der Waals surface area contributed by atoms with Crippen molar-refractivity contribution in [2.45, 2.75) is 38.6 Å². The topological polar surface area (TPSA) is 62.3 Å². The van der Waals surface area contributed by atoms with Crippen LogP contribution in [0.15, 0.2) is 24.5 Å². The third kappa shape index (κ3) is 3.99. The number of nitrogens with zero attached hydrogens (tertiary/aromatic N) is 2. The molecule has 1 aromatic heterocycles. The van der Waals surface area contributed by atoms with Crippen LogP contribution in [-0.4, -0.2) is 36.8 Å². The molecule has 5 nitrogen and oxygen atoms in total. The Morgan fingerprint density at radius 2 is 2.32 bits per heavy atom. The third-order valence-corrected chi connectivity index (χ3v) is 5.20. The Morgan fingerprint density at radius 3 is 3.00 bits per heavy atom. The quantitative estimate of drug-likeness (QED) is 0.887. The lowest BCUT2D eigenvalue weighted by molar-refractivity contribution is 0.265. The van der Waals surface area contributed by atoms with E-state index in [-0.39, 0.29) is 6.04 Å². The number of hydrogen-bond donors (Lipinski definition) is 1. The normalized spacial score (nSPS) is 21.4. The van der Waals surface area contributed by atoms with E-state index in [1.54, 1.807) is 16.7 Å². The second-order valence-corrected chi connectivity index (χ2v) is 6.67. The summed E-state index contributed by atoms with van der Waals surface area (Å²) in [6.45, 7) is 3.01. The van der Waals surface area contributed by atoms with Gasteiger partial charge in [-0.3, -0.25) is 4.98 Å². The van der Waals surface area contributed by atoms with E-state index < -0.39 is 10.2 Å². The summed E-state index contributed by atoms with van der Waals surface area (Å²) in [7, 11) is -3.34. The highest BCUT2D eigenvalue weighted by Crippen LogP contribution is 2.18. The van der Waals surface area contributed by atoms with Crippen LogP contribution in [0.5, 0.6) is 0 Å². The van der Waals surface area contributed by atoms with Crippen LogP contribution in [0.3, 0.4) is 0 Å². The van der Waals surface area contributed by atoms with E-state index in [0.29, 0.717) is 19.5 Å². The van der Waals surface area contributed by atoms with E-state index in [1.807, 2.05) is 19.1 Å². The molecule has 0 saturated carbocycles. The summed E-state index contributed by atoms with van der Waals surface area (Å²) in [5.74, 6) is 0. The molecule has 1 unspecified atom stereocenters. The fraction of sp³-hybridized carbons (Fsp3) is 0.615. The van der Waals surface area contributed by atoms with E-state index in [2.05, 4.69) is 9.71 Å². The minimum atomic E-state index is -3.34. The summed E-state index contributed by atoms with van der Waals surface area (Å²) in [6, 6.07) is 3.91. The molecule has 2 heterocycles. The summed E-state index contributed by atoms with van der Waals surface area (Å²) in [5.41, 5.74) is 1.04. The van der Waals surface area contributed by atoms with Crippen LogP contribution >= 0.6 is 0 Å². The first-order chi connectivity index (χ1) is 9.09. The number of nitrogens with one attached hydrogen (secondary N) is 1. The van der Waals surface area contributed by atoms with Gasteiger partial charge in [0.1, 0.15) is 0 Å². The van der Waals surface area contributed by atoms with Gasteiger partial charge in [-0.1, -0.05) is 12.5 Å². The van der Waals surface area contributed by atoms with Gasteiger partial charge in [0.15, 0.2) is 0 Å². The molecule has 106 valence electrons. The molecule has 1 fully saturated rings. The van der Waals surface area contributed by atoms with Gasteiger partial charge in [-0.15, -0.1) is 0 Å². The molecular formula is C13H21N3O2S. The number of piperidine rings is 1. The van der Waals surface area contributed by atoms with Crippen LogP contribution in [0.4, 0.5) is 0 Å². The van der Waals surface area contributed by atoms with Crippen molar-refractivity contribution in [2.24, 2.45) is 0 Å². The minimum Gasteiger partial charge on any atom is -0.264 e. The molecular weight excluding hydrogens is 262 g/mol. The lowest BCUT2D eigenvalue weighted by Gasteiger charge is -2.32.